The van der Waals surface area contributed by atoms with Crippen molar-refractivity contribution in [2.45, 2.75) is 13.3 Å². The molecule has 27 heavy (non-hydrogen) atoms. The summed E-state index contributed by atoms with van der Waals surface area (Å²) in [7, 11) is 4.75. The second-order valence-electron chi connectivity index (χ2n) is 5.61. The minimum absolute atomic E-state index is 0.279. The third kappa shape index (κ3) is 5.70. The summed E-state index contributed by atoms with van der Waals surface area (Å²) in [6.07, 6.45) is 0.584. The number of carbonyl (C=O) groups excluding carboxylic acids is 1. The van der Waals surface area contributed by atoms with E-state index in [1.54, 1.807) is 39.5 Å². The van der Waals surface area contributed by atoms with Crippen molar-refractivity contribution in [3.8, 4) is 23.0 Å². The van der Waals surface area contributed by atoms with Crippen LogP contribution in [0.25, 0.3) is 0 Å². The Kier molecular flexibility index (Phi) is 7.61. The Balaban J connectivity index is 1.90. The van der Waals surface area contributed by atoms with Crippen molar-refractivity contribution in [3.05, 3.63) is 42.0 Å². The van der Waals surface area contributed by atoms with Gasteiger partial charge in [-0.3, -0.25) is 0 Å². The number of nitrogens with one attached hydrogen (secondary N) is 2. The minimum atomic E-state index is -0.279. The highest BCUT2D eigenvalue weighted by atomic mass is 16.5. The molecule has 0 aliphatic carbocycles. The third-order valence-corrected chi connectivity index (χ3v) is 3.89. The van der Waals surface area contributed by atoms with E-state index in [1.165, 1.54) is 0 Å². The van der Waals surface area contributed by atoms with Crippen molar-refractivity contribution in [1.29, 1.82) is 0 Å². The van der Waals surface area contributed by atoms with Gasteiger partial charge in [0.1, 0.15) is 11.5 Å². The maximum Gasteiger partial charge on any atom is 0.319 e. The van der Waals surface area contributed by atoms with Crippen LogP contribution in [0.2, 0.25) is 0 Å². The van der Waals surface area contributed by atoms with Crippen LogP contribution < -0.4 is 29.6 Å². The first-order valence-electron chi connectivity index (χ1n) is 8.67. The summed E-state index contributed by atoms with van der Waals surface area (Å²) in [6, 6.07) is 10.6. The van der Waals surface area contributed by atoms with Crippen LogP contribution in [0.3, 0.4) is 0 Å². The fourth-order valence-corrected chi connectivity index (χ4v) is 2.57. The first-order valence-corrected chi connectivity index (χ1v) is 8.67. The van der Waals surface area contributed by atoms with Gasteiger partial charge in [-0.05, 0) is 49.2 Å². The lowest BCUT2D eigenvalue weighted by Crippen LogP contribution is -2.30. The van der Waals surface area contributed by atoms with E-state index in [1.807, 2.05) is 25.1 Å². The van der Waals surface area contributed by atoms with Gasteiger partial charge in [0.25, 0.3) is 0 Å². The third-order valence-electron chi connectivity index (χ3n) is 3.89. The van der Waals surface area contributed by atoms with Crippen molar-refractivity contribution >= 4 is 11.7 Å². The van der Waals surface area contributed by atoms with Gasteiger partial charge in [0.05, 0.1) is 27.9 Å². The van der Waals surface area contributed by atoms with E-state index in [4.69, 9.17) is 18.9 Å². The highest BCUT2D eigenvalue weighted by molar-refractivity contribution is 5.89. The molecule has 7 heteroatoms. The zero-order valence-corrected chi connectivity index (χ0v) is 16.1. The summed E-state index contributed by atoms with van der Waals surface area (Å²) >= 11 is 0. The zero-order chi connectivity index (χ0) is 19.6. The molecular weight excluding hydrogens is 348 g/mol. The van der Waals surface area contributed by atoms with Crippen LogP contribution in [0.5, 0.6) is 23.0 Å². The molecule has 0 saturated carbocycles. The molecule has 0 aliphatic rings. The normalized spacial score (nSPS) is 10.1. The Labute approximate surface area is 159 Å². The smallest absolute Gasteiger partial charge is 0.319 e. The lowest BCUT2D eigenvalue weighted by molar-refractivity contribution is 0.252. The lowest BCUT2D eigenvalue weighted by Gasteiger charge is -2.14. The molecule has 2 rings (SSSR count). The molecule has 0 spiro atoms. The summed E-state index contributed by atoms with van der Waals surface area (Å²) in [5, 5.41) is 5.61. The van der Waals surface area contributed by atoms with Crippen LogP contribution >= 0.6 is 0 Å². The zero-order valence-electron chi connectivity index (χ0n) is 16.1. The first-order chi connectivity index (χ1) is 13.1. The van der Waals surface area contributed by atoms with Gasteiger partial charge >= 0.3 is 6.03 Å². The first kappa shape index (κ1) is 20.2. The fourth-order valence-electron chi connectivity index (χ4n) is 2.57. The molecule has 2 N–H and O–H groups in total. The van der Waals surface area contributed by atoms with Gasteiger partial charge in [0, 0.05) is 18.3 Å². The molecule has 2 aromatic rings. The molecule has 0 radical (unpaired) electrons. The van der Waals surface area contributed by atoms with Crippen LogP contribution in [0.15, 0.2) is 36.4 Å². The van der Waals surface area contributed by atoms with E-state index in [2.05, 4.69) is 10.6 Å². The average molecular weight is 374 g/mol. The second kappa shape index (κ2) is 10.2. The van der Waals surface area contributed by atoms with E-state index in [0.29, 0.717) is 42.5 Å². The molecule has 2 aromatic carbocycles. The molecule has 146 valence electrons. The molecule has 2 amide bonds. The van der Waals surface area contributed by atoms with Crippen molar-refractivity contribution in [2.75, 3.05) is 39.8 Å². The predicted octanol–water partition coefficient (Wildman–Crippen LogP) is 3.48. The van der Waals surface area contributed by atoms with E-state index in [-0.39, 0.29) is 6.03 Å². The summed E-state index contributed by atoms with van der Waals surface area (Å²) < 4.78 is 21.4. The monoisotopic (exact) mass is 374 g/mol. The van der Waals surface area contributed by atoms with Crippen molar-refractivity contribution in [3.63, 3.8) is 0 Å². The molecule has 0 bridgehead atoms. The molecule has 0 heterocycles. The molecule has 0 unspecified atom stereocenters. The number of rotatable bonds is 9. The maximum absolute atomic E-state index is 12.1. The van der Waals surface area contributed by atoms with Crippen LogP contribution in [0.1, 0.15) is 12.5 Å². The SMILES string of the molecule is CCOc1ccc(NC(=O)NCCc2cc(OC)c(OC)cc2OC)cc1. The standard InChI is InChI=1S/C20H26N2O5/c1-5-27-16-8-6-15(7-9-16)22-20(23)21-11-10-14-12-18(25-3)19(26-4)13-17(14)24-2/h6-9,12-13H,5,10-11H2,1-4H3,(H2,21,22,23). The van der Waals surface area contributed by atoms with Crippen LogP contribution in [0, 0.1) is 0 Å². The van der Waals surface area contributed by atoms with E-state index in [0.717, 1.165) is 11.3 Å². The Morgan fingerprint density at radius 1 is 0.926 bits per heavy atom. The molecule has 0 saturated heterocycles. The Hall–Kier alpha value is -3.09. The number of methoxy groups -OCH3 is 3. The highest BCUT2D eigenvalue weighted by Crippen LogP contribution is 2.34. The molecule has 0 fully saturated rings. The second-order valence-corrected chi connectivity index (χ2v) is 5.61. The van der Waals surface area contributed by atoms with Gasteiger partial charge in [-0.25, -0.2) is 4.79 Å². The number of amides is 2. The van der Waals surface area contributed by atoms with E-state index >= 15 is 0 Å². The number of ether oxygens (including phenoxy) is 4. The molecule has 7 nitrogen and oxygen atoms in total. The van der Waals surface area contributed by atoms with Gasteiger partial charge in [0.2, 0.25) is 0 Å². The number of carbonyl (C=O) groups is 1. The summed E-state index contributed by atoms with van der Waals surface area (Å²) in [4.78, 5) is 12.1. The molecular formula is C20H26N2O5. The Morgan fingerprint density at radius 2 is 1.56 bits per heavy atom. The molecule has 0 aromatic heterocycles. The number of anilines is 1. The molecule has 0 aliphatic heterocycles. The summed E-state index contributed by atoms with van der Waals surface area (Å²) in [6.45, 7) is 2.97. The molecule has 0 atom stereocenters. The lowest BCUT2D eigenvalue weighted by atomic mass is 10.1. The number of hydrogen-bond donors (Lipinski definition) is 2. The summed E-state index contributed by atoms with van der Waals surface area (Å²) in [5.41, 5.74) is 1.61. The average Bonchev–Trinajstić information content (AvgIpc) is 2.69. The largest absolute Gasteiger partial charge is 0.496 e. The number of urea groups is 1. The van der Waals surface area contributed by atoms with E-state index in [9.17, 15) is 4.79 Å². The van der Waals surface area contributed by atoms with Crippen molar-refractivity contribution < 1.29 is 23.7 Å². The highest BCUT2D eigenvalue weighted by Gasteiger charge is 2.12. The quantitative estimate of drug-likeness (QED) is 0.703. The van der Waals surface area contributed by atoms with Crippen molar-refractivity contribution in [1.82, 2.24) is 5.32 Å². The number of benzene rings is 2. The Bertz CT molecular complexity index is 747. The Morgan fingerprint density at radius 3 is 2.15 bits per heavy atom. The van der Waals surface area contributed by atoms with Crippen LogP contribution in [0.4, 0.5) is 10.5 Å². The predicted molar refractivity (Wildman–Crippen MR) is 104 cm³/mol. The number of hydrogen-bond acceptors (Lipinski definition) is 5. The topological polar surface area (TPSA) is 78.1 Å². The van der Waals surface area contributed by atoms with E-state index < -0.39 is 0 Å². The van der Waals surface area contributed by atoms with Crippen LogP contribution in [-0.4, -0.2) is 40.5 Å². The fraction of sp³-hybridized carbons (Fsp3) is 0.350. The van der Waals surface area contributed by atoms with Gasteiger partial charge in [0.15, 0.2) is 11.5 Å². The van der Waals surface area contributed by atoms with Gasteiger partial charge in [-0.1, -0.05) is 0 Å². The van der Waals surface area contributed by atoms with Crippen molar-refractivity contribution in [2.24, 2.45) is 0 Å². The maximum atomic E-state index is 12.1. The van der Waals surface area contributed by atoms with Gasteiger partial charge < -0.3 is 29.6 Å². The minimum Gasteiger partial charge on any atom is -0.496 e. The van der Waals surface area contributed by atoms with Gasteiger partial charge in [-0.15, -0.1) is 0 Å². The van der Waals surface area contributed by atoms with Crippen LogP contribution in [-0.2, 0) is 6.42 Å². The van der Waals surface area contributed by atoms with Gasteiger partial charge in [-0.2, -0.15) is 0 Å². The summed E-state index contributed by atoms with van der Waals surface area (Å²) in [5.74, 6) is 2.66.